The van der Waals surface area contributed by atoms with Crippen molar-refractivity contribution in [3.63, 3.8) is 0 Å². The van der Waals surface area contributed by atoms with Gasteiger partial charge in [-0.15, -0.1) is 0 Å². The highest BCUT2D eigenvalue weighted by atomic mass is 14.7. The summed E-state index contributed by atoms with van der Waals surface area (Å²) in [5.41, 5.74) is 7.36. The molecule has 2 rings (SSSR count). The van der Waals surface area contributed by atoms with Gasteiger partial charge in [0.2, 0.25) is 0 Å². The minimum atomic E-state index is -0.434. The van der Waals surface area contributed by atoms with E-state index in [1.54, 1.807) is 0 Å². The molecule has 0 fully saturated rings. The molecule has 1 aromatic carbocycles. The fraction of sp³-hybridized carbons (Fsp3) is 0.267. The zero-order valence-corrected chi connectivity index (χ0v) is 10.2. The van der Waals surface area contributed by atoms with Gasteiger partial charge in [-0.05, 0) is 26.0 Å². The van der Waals surface area contributed by atoms with E-state index in [0.717, 1.165) is 16.6 Å². The molecule has 0 unspecified atom stereocenters. The van der Waals surface area contributed by atoms with Gasteiger partial charge in [0.25, 0.3) is 0 Å². The lowest BCUT2D eigenvalue weighted by Gasteiger charge is -2.07. The number of para-hydroxylation sites is 1. The molecule has 0 bridgehead atoms. The Kier molecular flexibility index (Phi) is 3.12. The first-order valence-electron chi connectivity index (χ1n) is 5.68. The van der Waals surface area contributed by atoms with Crippen molar-refractivity contribution in [3.05, 3.63) is 42.1 Å². The molecule has 86 valence electrons. The summed E-state index contributed by atoms with van der Waals surface area (Å²) in [6.07, 6.45) is 0.644. The van der Waals surface area contributed by atoms with Crippen LogP contribution in [0.25, 0.3) is 10.9 Å². The van der Waals surface area contributed by atoms with Crippen molar-refractivity contribution < 1.29 is 0 Å². The lowest BCUT2D eigenvalue weighted by atomic mass is 10.1. The van der Waals surface area contributed by atoms with Crippen LogP contribution in [0.1, 0.15) is 19.5 Å². The lowest BCUT2D eigenvalue weighted by Crippen LogP contribution is -2.29. The van der Waals surface area contributed by atoms with Crippen molar-refractivity contribution in [2.45, 2.75) is 25.8 Å². The third-order valence-electron chi connectivity index (χ3n) is 2.34. The minimum absolute atomic E-state index is 0.434. The molecule has 0 aliphatic heterocycles. The van der Waals surface area contributed by atoms with Crippen molar-refractivity contribution in [2.24, 2.45) is 5.73 Å². The molecule has 0 saturated heterocycles. The Morgan fingerprint density at radius 1 is 1.18 bits per heavy atom. The molecule has 0 aliphatic carbocycles. The maximum absolute atomic E-state index is 5.80. The SMILES string of the molecule is CC(C)(N)C#CCc1ccc2ccccc2n1. The van der Waals surface area contributed by atoms with Gasteiger partial charge in [-0.1, -0.05) is 36.1 Å². The lowest BCUT2D eigenvalue weighted by molar-refractivity contribution is 0.680. The van der Waals surface area contributed by atoms with E-state index in [1.165, 1.54) is 0 Å². The highest BCUT2D eigenvalue weighted by molar-refractivity contribution is 5.78. The van der Waals surface area contributed by atoms with Crippen molar-refractivity contribution in [1.82, 2.24) is 4.98 Å². The Bertz CT molecular complexity index is 583. The number of hydrogen-bond donors (Lipinski definition) is 1. The molecule has 2 N–H and O–H groups in total. The van der Waals surface area contributed by atoms with E-state index in [-0.39, 0.29) is 0 Å². The van der Waals surface area contributed by atoms with Crippen molar-refractivity contribution >= 4 is 10.9 Å². The van der Waals surface area contributed by atoms with Crippen LogP contribution in [0.2, 0.25) is 0 Å². The van der Waals surface area contributed by atoms with Crippen LogP contribution in [0.15, 0.2) is 36.4 Å². The Morgan fingerprint density at radius 3 is 2.71 bits per heavy atom. The molecule has 2 nitrogen and oxygen atoms in total. The number of nitrogens with zero attached hydrogens (tertiary/aromatic N) is 1. The smallest absolute Gasteiger partial charge is 0.0719 e. The van der Waals surface area contributed by atoms with Crippen LogP contribution < -0.4 is 5.73 Å². The number of nitrogens with two attached hydrogens (primary N) is 1. The van der Waals surface area contributed by atoms with Crippen molar-refractivity contribution in [2.75, 3.05) is 0 Å². The zero-order chi connectivity index (χ0) is 12.3. The van der Waals surface area contributed by atoms with Crippen LogP contribution in [0.3, 0.4) is 0 Å². The number of fused-ring (bicyclic) bond motifs is 1. The number of rotatable bonds is 1. The van der Waals surface area contributed by atoms with Crippen LogP contribution in [-0.4, -0.2) is 10.5 Å². The van der Waals surface area contributed by atoms with E-state index in [2.05, 4.69) is 29.0 Å². The summed E-state index contributed by atoms with van der Waals surface area (Å²) >= 11 is 0. The van der Waals surface area contributed by atoms with Gasteiger partial charge in [0, 0.05) is 5.39 Å². The van der Waals surface area contributed by atoms with Gasteiger partial charge >= 0.3 is 0 Å². The second-order valence-corrected chi connectivity index (χ2v) is 4.70. The second-order valence-electron chi connectivity index (χ2n) is 4.70. The first-order chi connectivity index (χ1) is 8.04. The fourth-order valence-corrected chi connectivity index (χ4v) is 1.57. The fourth-order valence-electron chi connectivity index (χ4n) is 1.57. The van der Waals surface area contributed by atoms with Gasteiger partial charge in [0.1, 0.15) is 0 Å². The average Bonchev–Trinajstić information content (AvgIpc) is 2.27. The van der Waals surface area contributed by atoms with Crippen molar-refractivity contribution in [3.8, 4) is 11.8 Å². The average molecular weight is 224 g/mol. The van der Waals surface area contributed by atoms with Crippen LogP contribution in [0.4, 0.5) is 0 Å². The summed E-state index contributed by atoms with van der Waals surface area (Å²) in [6, 6.07) is 12.2. The highest BCUT2D eigenvalue weighted by Crippen LogP contribution is 2.11. The van der Waals surface area contributed by atoms with E-state index in [1.807, 2.05) is 38.1 Å². The summed E-state index contributed by atoms with van der Waals surface area (Å²) in [5.74, 6) is 6.08. The molecule has 1 aromatic heterocycles. The molecule has 17 heavy (non-hydrogen) atoms. The van der Waals surface area contributed by atoms with Gasteiger partial charge in [-0.3, -0.25) is 4.98 Å². The zero-order valence-electron chi connectivity index (χ0n) is 10.2. The van der Waals surface area contributed by atoms with Crippen LogP contribution in [0, 0.1) is 11.8 Å². The summed E-state index contributed by atoms with van der Waals surface area (Å²) in [6.45, 7) is 3.79. The van der Waals surface area contributed by atoms with E-state index in [0.29, 0.717) is 6.42 Å². The van der Waals surface area contributed by atoms with Crippen LogP contribution >= 0.6 is 0 Å². The maximum atomic E-state index is 5.80. The van der Waals surface area contributed by atoms with Gasteiger partial charge in [0.05, 0.1) is 23.2 Å². The standard InChI is InChI=1S/C15H16N2/c1-15(2,16)11-5-7-13-10-9-12-6-3-4-8-14(12)17-13/h3-4,6,8-10H,7,16H2,1-2H3. The maximum Gasteiger partial charge on any atom is 0.0719 e. The molecule has 0 saturated carbocycles. The summed E-state index contributed by atoms with van der Waals surface area (Å²) in [4.78, 5) is 4.55. The van der Waals surface area contributed by atoms with E-state index in [4.69, 9.17) is 5.73 Å². The van der Waals surface area contributed by atoms with E-state index < -0.39 is 5.54 Å². The number of benzene rings is 1. The van der Waals surface area contributed by atoms with Gasteiger partial charge in [-0.25, -0.2) is 0 Å². The molecule has 2 aromatic rings. The number of hydrogen-bond acceptors (Lipinski definition) is 2. The predicted octanol–water partition coefficient (Wildman–Crippen LogP) is 2.52. The Balaban J connectivity index is 2.22. The van der Waals surface area contributed by atoms with Crippen LogP contribution in [-0.2, 0) is 6.42 Å². The predicted molar refractivity (Wildman–Crippen MR) is 71.5 cm³/mol. The monoisotopic (exact) mass is 224 g/mol. The first-order valence-corrected chi connectivity index (χ1v) is 5.68. The Morgan fingerprint density at radius 2 is 1.94 bits per heavy atom. The first kappa shape index (κ1) is 11.6. The van der Waals surface area contributed by atoms with Crippen LogP contribution in [0.5, 0.6) is 0 Å². The second kappa shape index (κ2) is 4.57. The molecule has 1 heterocycles. The minimum Gasteiger partial charge on any atom is -0.316 e. The van der Waals surface area contributed by atoms with Crippen molar-refractivity contribution in [1.29, 1.82) is 0 Å². The summed E-state index contributed by atoms with van der Waals surface area (Å²) < 4.78 is 0. The third kappa shape index (κ3) is 3.30. The topological polar surface area (TPSA) is 38.9 Å². The molecular weight excluding hydrogens is 208 g/mol. The number of aromatic nitrogens is 1. The third-order valence-corrected chi connectivity index (χ3v) is 2.34. The largest absolute Gasteiger partial charge is 0.316 e. The molecule has 0 atom stereocenters. The normalized spacial score (nSPS) is 11.0. The molecule has 0 amide bonds. The van der Waals surface area contributed by atoms with Gasteiger partial charge in [-0.2, -0.15) is 0 Å². The van der Waals surface area contributed by atoms with E-state index in [9.17, 15) is 0 Å². The van der Waals surface area contributed by atoms with Gasteiger partial charge < -0.3 is 5.73 Å². The molecule has 0 radical (unpaired) electrons. The highest BCUT2D eigenvalue weighted by Gasteiger charge is 2.03. The number of pyridine rings is 1. The quantitative estimate of drug-likeness (QED) is 0.756. The molecular formula is C15H16N2. The summed E-state index contributed by atoms with van der Waals surface area (Å²) in [7, 11) is 0. The molecule has 0 spiro atoms. The summed E-state index contributed by atoms with van der Waals surface area (Å²) in [5, 5.41) is 1.16. The van der Waals surface area contributed by atoms with Gasteiger partial charge in [0.15, 0.2) is 0 Å². The molecule has 0 aliphatic rings. The Hall–Kier alpha value is -1.85. The Labute approximate surface area is 102 Å². The van der Waals surface area contributed by atoms with E-state index >= 15 is 0 Å². The molecule has 2 heteroatoms.